The third-order valence-electron chi connectivity index (χ3n) is 2.72. The van der Waals surface area contributed by atoms with E-state index in [1.54, 1.807) is 26.0 Å². The van der Waals surface area contributed by atoms with Crippen molar-refractivity contribution in [3.05, 3.63) is 23.8 Å². The molecule has 0 aliphatic rings. The molecular formula is C14H22N2O5S. The Morgan fingerprint density at radius 1 is 1.18 bits per heavy atom. The summed E-state index contributed by atoms with van der Waals surface area (Å²) >= 11 is 0. The van der Waals surface area contributed by atoms with Crippen LogP contribution in [0.15, 0.2) is 18.2 Å². The second-order valence-electron chi connectivity index (χ2n) is 4.92. The van der Waals surface area contributed by atoms with Crippen LogP contribution in [0.1, 0.15) is 24.2 Å². The average Bonchev–Trinajstić information content (AvgIpc) is 2.44. The minimum atomic E-state index is -3.39. The largest absolute Gasteiger partial charge is 0.493 e. The molecule has 0 aliphatic heterocycles. The summed E-state index contributed by atoms with van der Waals surface area (Å²) in [5, 5.41) is 2.56. The molecule has 0 heterocycles. The van der Waals surface area contributed by atoms with Gasteiger partial charge in [-0.15, -0.1) is 0 Å². The molecule has 0 aliphatic carbocycles. The minimum Gasteiger partial charge on any atom is -0.493 e. The lowest BCUT2D eigenvalue weighted by Crippen LogP contribution is -2.37. The van der Waals surface area contributed by atoms with Crippen molar-refractivity contribution in [1.29, 1.82) is 0 Å². The van der Waals surface area contributed by atoms with E-state index in [0.29, 0.717) is 17.1 Å². The van der Waals surface area contributed by atoms with Crippen LogP contribution in [0.4, 0.5) is 0 Å². The highest BCUT2D eigenvalue weighted by atomic mass is 32.2. The van der Waals surface area contributed by atoms with Gasteiger partial charge < -0.3 is 14.8 Å². The number of hydrogen-bond acceptors (Lipinski definition) is 5. The van der Waals surface area contributed by atoms with E-state index in [4.69, 9.17) is 9.47 Å². The number of carbonyl (C=O) groups is 1. The number of ether oxygens (including phenoxy) is 2. The third kappa shape index (κ3) is 5.53. The van der Waals surface area contributed by atoms with Crippen LogP contribution in [0, 0.1) is 0 Å². The summed E-state index contributed by atoms with van der Waals surface area (Å²) in [5.41, 5.74) is 0.367. The Kier molecular flexibility index (Phi) is 6.63. The maximum Gasteiger partial charge on any atom is 0.251 e. The van der Waals surface area contributed by atoms with Crippen molar-refractivity contribution in [3.8, 4) is 11.5 Å². The first kappa shape index (κ1) is 18.2. The number of rotatable bonds is 8. The van der Waals surface area contributed by atoms with Crippen LogP contribution >= 0.6 is 0 Å². The summed E-state index contributed by atoms with van der Waals surface area (Å²) in [6.45, 7) is 3.49. The molecule has 0 atom stereocenters. The first-order chi connectivity index (χ1) is 10.3. The lowest BCUT2D eigenvalue weighted by atomic mass is 10.2. The first-order valence-electron chi connectivity index (χ1n) is 6.79. The molecule has 0 fully saturated rings. The number of carbonyl (C=O) groups excluding carboxylic acids is 1. The van der Waals surface area contributed by atoms with Gasteiger partial charge in [-0.3, -0.25) is 4.79 Å². The van der Waals surface area contributed by atoms with Gasteiger partial charge in [0.05, 0.1) is 20.0 Å². The summed E-state index contributed by atoms with van der Waals surface area (Å²) < 4.78 is 35.9. The van der Waals surface area contributed by atoms with E-state index in [2.05, 4.69) is 10.0 Å². The van der Waals surface area contributed by atoms with Crippen molar-refractivity contribution < 1.29 is 22.7 Å². The highest BCUT2D eigenvalue weighted by molar-refractivity contribution is 7.89. The summed E-state index contributed by atoms with van der Waals surface area (Å²) in [6.07, 6.45) is 0. The van der Waals surface area contributed by atoms with Crippen molar-refractivity contribution in [1.82, 2.24) is 10.0 Å². The van der Waals surface area contributed by atoms with Crippen LogP contribution in [0.25, 0.3) is 0 Å². The van der Waals surface area contributed by atoms with Crippen LogP contribution in [0.2, 0.25) is 0 Å². The fourth-order valence-corrected chi connectivity index (χ4v) is 3.00. The monoisotopic (exact) mass is 330 g/mol. The number of hydrogen-bond donors (Lipinski definition) is 2. The molecule has 7 nitrogen and oxygen atoms in total. The quantitative estimate of drug-likeness (QED) is 0.734. The first-order valence-corrected chi connectivity index (χ1v) is 8.44. The van der Waals surface area contributed by atoms with Crippen LogP contribution in [-0.2, 0) is 10.0 Å². The lowest BCUT2D eigenvalue weighted by Gasteiger charge is -2.11. The molecular weight excluding hydrogens is 308 g/mol. The third-order valence-corrected chi connectivity index (χ3v) is 4.29. The predicted molar refractivity (Wildman–Crippen MR) is 83.9 cm³/mol. The van der Waals surface area contributed by atoms with Gasteiger partial charge >= 0.3 is 0 Å². The van der Waals surface area contributed by atoms with E-state index in [-0.39, 0.29) is 24.2 Å². The topological polar surface area (TPSA) is 93.7 Å². The van der Waals surface area contributed by atoms with Crippen LogP contribution in [-0.4, -0.2) is 46.9 Å². The number of nitrogens with one attached hydrogen (secondary N) is 2. The van der Waals surface area contributed by atoms with Gasteiger partial charge in [0, 0.05) is 18.2 Å². The smallest absolute Gasteiger partial charge is 0.251 e. The van der Waals surface area contributed by atoms with E-state index in [0.717, 1.165) is 0 Å². The zero-order valence-corrected chi connectivity index (χ0v) is 14.0. The Bertz CT molecular complexity index is 614. The second kappa shape index (κ2) is 8.00. The van der Waals surface area contributed by atoms with Crippen LogP contribution < -0.4 is 19.5 Å². The molecule has 0 radical (unpaired) electrons. The molecule has 22 heavy (non-hydrogen) atoms. The van der Waals surface area contributed by atoms with Gasteiger partial charge in [0.1, 0.15) is 0 Å². The Labute approximate surface area is 131 Å². The van der Waals surface area contributed by atoms with E-state index in [9.17, 15) is 13.2 Å². The minimum absolute atomic E-state index is 0.0230. The molecule has 0 aromatic heterocycles. The second-order valence-corrected chi connectivity index (χ2v) is 6.79. The predicted octanol–water partition coefficient (Wildman–Crippen LogP) is 0.761. The molecule has 0 bridgehead atoms. The van der Waals surface area contributed by atoms with Crippen LogP contribution in [0.3, 0.4) is 0 Å². The van der Waals surface area contributed by atoms with Gasteiger partial charge in [0.2, 0.25) is 10.0 Å². The Balaban J connectivity index is 2.63. The number of sulfonamides is 1. The van der Waals surface area contributed by atoms with E-state index in [1.807, 2.05) is 0 Å². The highest BCUT2D eigenvalue weighted by Crippen LogP contribution is 2.27. The molecule has 0 saturated carbocycles. The SMILES string of the molecule is COc1ccc(C(=O)NCCS(=O)(=O)NC(C)C)cc1OC. The summed E-state index contributed by atoms with van der Waals surface area (Å²) in [4.78, 5) is 12.0. The summed E-state index contributed by atoms with van der Waals surface area (Å²) in [6, 6.07) is 4.56. The van der Waals surface area contributed by atoms with Gasteiger partial charge in [0.15, 0.2) is 11.5 Å². The van der Waals surface area contributed by atoms with Gasteiger partial charge in [-0.25, -0.2) is 13.1 Å². The van der Waals surface area contributed by atoms with E-state index >= 15 is 0 Å². The number of methoxy groups -OCH3 is 2. The van der Waals surface area contributed by atoms with E-state index < -0.39 is 10.0 Å². The molecule has 8 heteroatoms. The lowest BCUT2D eigenvalue weighted by molar-refractivity contribution is 0.0955. The Morgan fingerprint density at radius 2 is 1.82 bits per heavy atom. The van der Waals surface area contributed by atoms with Gasteiger partial charge in [-0.1, -0.05) is 0 Å². The standard InChI is InChI=1S/C14H22N2O5S/c1-10(2)16-22(18,19)8-7-15-14(17)11-5-6-12(20-3)13(9-11)21-4/h5-6,9-10,16H,7-8H2,1-4H3,(H,15,17). The maximum atomic E-state index is 12.0. The fraction of sp³-hybridized carbons (Fsp3) is 0.500. The van der Waals surface area contributed by atoms with Gasteiger partial charge in [0.25, 0.3) is 5.91 Å². The van der Waals surface area contributed by atoms with E-state index in [1.165, 1.54) is 20.3 Å². The number of benzene rings is 1. The van der Waals surface area contributed by atoms with Gasteiger partial charge in [-0.2, -0.15) is 0 Å². The van der Waals surface area contributed by atoms with Crippen molar-refractivity contribution >= 4 is 15.9 Å². The van der Waals surface area contributed by atoms with Crippen LogP contribution in [0.5, 0.6) is 11.5 Å². The summed E-state index contributed by atoms with van der Waals surface area (Å²) in [5.74, 6) is 0.400. The molecule has 0 spiro atoms. The normalized spacial score (nSPS) is 11.3. The molecule has 1 amide bonds. The van der Waals surface area contributed by atoms with Crippen molar-refractivity contribution in [3.63, 3.8) is 0 Å². The fourth-order valence-electron chi connectivity index (χ4n) is 1.80. The average molecular weight is 330 g/mol. The Hall–Kier alpha value is -1.80. The van der Waals surface area contributed by atoms with Gasteiger partial charge in [-0.05, 0) is 32.0 Å². The number of amides is 1. The van der Waals surface area contributed by atoms with Crippen molar-refractivity contribution in [2.24, 2.45) is 0 Å². The zero-order valence-electron chi connectivity index (χ0n) is 13.2. The molecule has 124 valence electrons. The summed E-state index contributed by atoms with van der Waals surface area (Å²) in [7, 11) is -0.412. The zero-order chi connectivity index (χ0) is 16.8. The molecule has 0 saturated heterocycles. The Morgan fingerprint density at radius 3 is 2.36 bits per heavy atom. The van der Waals surface area contributed by atoms with Crippen molar-refractivity contribution in [2.75, 3.05) is 26.5 Å². The maximum absolute atomic E-state index is 12.0. The molecule has 1 aromatic carbocycles. The molecule has 2 N–H and O–H groups in total. The highest BCUT2D eigenvalue weighted by Gasteiger charge is 2.14. The van der Waals surface area contributed by atoms with Crippen molar-refractivity contribution in [2.45, 2.75) is 19.9 Å². The molecule has 1 aromatic rings. The molecule has 0 unspecified atom stereocenters. The molecule has 1 rings (SSSR count).